The fourth-order valence-electron chi connectivity index (χ4n) is 2.56. The van der Waals surface area contributed by atoms with E-state index in [0.717, 1.165) is 24.4 Å². The summed E-state index contributed by atoms with van der Waals surface area (Å²) in [5.74, 6) is 0.308. The van der Waals surface area contributed by atoms with Gasteiger partial charge in [-0.15, -0.1) is 32.9 Å². The third kappa shape index (κ3) is 4.62. The van der Waals surface area contributed by atoms with Crippen LogP contribution in [0.5, 0.6) is 0 Å². The number of nitrogens with zero attached hydrogens (tertiary/aromatic N) is 3. The maximum absolute atomic E-state index is 12.4. The van der Waals surface area contributed by atoms with E-state index < -0.39 is 5.97 Å². The molecule has 0 saturated heterocycles. The first-order valence-electron chi connectivity index (χ1n) is 8.60. The van der Waals surface area contributed by atoms with Gasteiger partial charge < -0.3 is 14.6 Å². The van der Waals surface area contributed by atoms with Crippen LogP contribution in [0.2, 0.25) is 0 Å². The molecule has 0 unspecified atom stereocenters. The molecule has 3 aromatic rings. The fourth-order valence-corrected chi connectivity index (χ4v) is 4.80. The summed E-state index contributed by atoms with van der Waals surface area (Å²) < 4.78 is 6.77. The van der Waals surface area contributed by atoms with Crippen LogP contribution in [0.1, 0.15) is 28.6 Å². The molecule has 0 spiro atoms. The lowest BCUT2D eigenvalue weighted by Gasteiger charge is -2.08. The van der Waals surface area contributed by atoms with E-state index >= 15 is 0 Å². The van der Waals surface area contributed by atoms with Gasteiger partial charge in [0, 0.05) is 22.4 Å². The van der Waals surface area contributed by atoms with E-state index in [4.69, 9.17) is 4.74 Å². The molecule has 7 nitrogen and oxygen atoms in total. The van der Waals surface area contributed by atoms with Crippen LogP contribution < -0.4 is 5.32 Å². The molecule has 0 aromatic carbocycles. The quantitative estimate of drug-likeness (QED) is 0.418. The van der Waals surface area contributed by atoms with Gasteiger partial charge in [0.25, 0.3) is 0 Å². The summed E-state index contributed by atoms with van der Waals surface area (Å²) in [7, 11) is 1.31. The Morgan fingerprint density at radius 3 is 2.82 bits per heavy atom. The van der Waals surface area contributed by atoms with Gasteiger partial charge in [0.2, 0.25) is 5.91 Å². The molecule has 3 aromatic heterocycles. The topological polar surface area (TPSA) is 86.1 Å². The number of nitrogens with one attached hydrogen (secondary N) is 1. The third-order valence-corrected chi connectivity index (χ3v) is 6.47. The number of carbonyl (C=O) groups excluding carboxylic acids is 2. The van der Waals surface area contributed by atoms with Crippen LogP contribution in [0, 0.1) is 6.92 Å². The second-order valence-corrected chi connectivity index (χ2v) is 8.87. The summed E-state index contributed by atoms with van der Waals surface area (Å²) in [6, 6.07) is 3.72. The van der Waals surface area contributed by atoms with Gasteiger partial charge in [0.15, 0.2) is 11.0 Å². The Balaban J connectivity index is 1.69. The number of thiophene rings is 2. The highest BCUT2D eigenvalue weighted by Crippen LogP contribution is 2.28. The van der Waals surface area contributed by atoms with E-state index in [9.17, 15) is 9.59 Å². The first-order valence-corrected chi connectivity index (χ1v) is 11.3. The average molecular weight is 437 g/mol. The number of ether oxygens (including phenoxy) is 1. The first kappa shape index (κ1) is 20.6. The number of aromatic nitrogens is 3. The number of thioether (sulfide) groups is 1. The molecule has 3 heterocycles. The number of methoxy groups -OCH3 is 1. The van der Waals surface area contributed by atoms with Crippen molar-refractivity contribution in [3.05, 3.63) is 33.3 Å². The van der Waals surface area contributed by atoms with E-state index in [1.807, 2.05) is 4.57 Å². The van der Waals surface area contributed by atoms with Crippen molar-refractivity contribution in [3.63, 3.8) is 0 Å². The zero-order valence-corrected chi connectivity index (χ0v) is 18.2. The normalized spacial score (nSPS) is 10.8. The molecule has 0 aliphatic rings. The monoisotopic (exact) mass is 436 g/mol. The molecule has 0 aliphatic heterocycles. The SMILES string of the molecule is CCCn1c(SCC(=O)Nc2sccc2C(=O)OC)nnc1-c1csc(C)c1. The molecule has 3 rings (SSSR count). The third-order valence-electron chi connectivity index (χ3n) is 3.81. The van der Waals surface area contributed by atoms with Crippen molar-refractivity contribution in [3.8, 4) is 11.4 Å². The van der Waals surface area contributed by atoms with E-state index in [2.05, 4.69) is 40.8 Å². The van der Waals surface area contributed by atoms with Crippen LogP contribution in [0.3, 0.4) is 0 Å². The molecule has 0 saturated carbocycles. The van der Waals surface area contributed by atoms with Gasteiger partial charge in [-0.3, -0.25) is 4.79 Å². The van der Waals surface area contributed by atoms with E-state index in [1.54, 1.807) is 22.8 Å². The molecule has 0 aliphatic carbocycles. The minimum Gasteiger partial charge on any atom is -0.465 e. The van der Waals surface area contributed by atoms with Crippen molar-refractivity contribution in [2.24, 2.45) is 0 Å². The number of aryl methyl sites for hydroxylation is 1. The Morgan fingerprint density at radius 1 is 1.32 bits per heavy atom. The lowest BCUT2D eigenvalue weighted by Crippen LogP contribution is -2.16. The van der Waals surface area contributed by atoms with Crippen molar-refractivity contribution in [2.75, 3.05) is 18.2 Å². The molecule has 10 heteroatoms. The van der Waals surface area contributed by atoms with Crippen molar-refractivity contribution < 1.29 is 14.3 Å². The number of esters is 1. The molecule has 1 amide bonds. The standard InChI is InChI=1S/C18H20N4O3S3/c1-4-6-22-15(12-8-11(2)27-9-12)20-21-18(22)28-10-14(23)19-16-13(5-7-26-16)17(24)25-3/h5,7-9H,4,6,10H2,1-3H3,(H,19,23). The average Bonchev–Trinajstić information content (AvgIpc) is 3.40. The van der Waals surface area contributed by atoms with E-state index in [0.29, 0.717) is 15.7 Å². The smallest absolute Gasteiger partial charge is 0.340 e. The van der Waals surface area contributed by atoms with Crippen molar-refractivity contribution in [1.29, 1.82) is 0 Å². The lowest BCUT2D eigenvalue weighted by molar-refractivity contribution is -0.113. The lowest BCUT2D eigenvalue weighted by atomic mass is 10.3. The van der Waals surface area contributed by atoms with Crippen LogP contribution >= 0.6 is 34.4 Å². The molecule has 1 N–H and O–H groups in total. The van der Waals surface area contributed by atoms with Crippen LogP contribution in [0.15, 0.2) is 28.0 Å². The van der Waals surface area contributed by atoms with Crippen LogP contribution in [0.4, 0.5) is 5.00 Å². The molecule has 28 heavy (non-hydrogen) atoms. The summed E-state index contributed by atoms with van der Waals surface area (Å²) in [5.41, 5.74) is 1.40. The highest BCUT2D eigenvalue weighted by atomic mass is 32.2. The van der Waals surface area contributed by atoms with Crippen LogP contribution in [0.25, 0.3) is 11.4 Å². The van der Waals surface area contributed by atoms with E-state index in [-0.39, 0.29) is 11.7 Å². The predicted octanol–water partition coefficient (Wildman–Crippen LogP) is 4.30. The summed E-state index contributed by atoms with van der Waals surface area (Å²) in [4.78, 5) is 25.3. The van der Waals surface area contributed by atoms with Gasteiger partial charge >= 0.3 is 5.97 Å². The zero-order chi connectivity index (χ0) is 20.1. The second-order valence-electron chi connectivity index (χ2n) is 5.90. The largest absolute Gasteiger partial charge is 0.465 e. The predicted molar refractivity (Wildman–Crippen MR) is 113 cm³/mol. The number of rotatable bonds is 8. The first-order chi connectivity index (χ1) is 13.5. The minimum absolute atomic E-state index is 0.170. The Labute approximate surface area is 175 Å². The maximum Gasteiger partial charge on any atom is 0.340 e. The number of anilines is 1. The minimum atomic E-state index is -0.470. The fraction of sp³-hybridized carbons (Fsp3) is 0.333. The van der Waals surface area contributed by atoms with Gasteiger partial charge in [0.1, 0.15) is 5.00 Å². The van der Waals surface area contributed by atoms with Gasteiger partial charge in [-0.1, -0.05) is 18.7 Å². The summed E-state index contributed by atoms with van der Waals surface area (Å²) >= 11 is 4.29. The Kier molecular flexibility index (Phi) is 6.87. The Morgan fingerprint density at radius 2 is 2.14 bits per heavy atom. The molecule has 0 fully saturated rings. The Bertz CT molecular complexity index is 977. The highest BCUT2D eigenvalue weighted by molar-refractivity contribution is 7.99. The van der Waals surface area contributed by atoms with Crippen molar-refractivity contribution >= 4 is 51.3 Å². The van der Waals surface area contributed by atoms with Crippen molar-refractivity contribution in [2.45, 2.75) is 32.0 Å². The number of amides is 1. The van der Waals surface area contributed by atoms with Gasteiger partial charge in [-0.2, -0.15) is 0 Å². The molecule has 0 radical (unpaired) electrons. The van der Waals surface area contributed by atoms with Gasteiger partial charge in [0.05, 0.1) is 18.4 Å². The molecule has 0 atom stereocenters. The molecule has 0 bridgehead atoms. The van der Waals surface area contributed by atoms with E-state index in [1.165, 1.54) is 35.1 Å². The molecular weight excluding hydrogens is 416 g/mol. The summed E-state index contributed by atoms with van der Waals surface area (Å²) in [6.45, 7) is 4.93. The number of hydrogen-bond acceptors (Lipinski definition) is 8. The van der Waals surface area contributed by atoms with Crippen LogP contribution in [-0.2, 0) is 16.1 Å². The number of hydrogen-bond donors (Lipinski definition) is 1. The highest BCUT2D eigenvalue weighted by Gasteiger charge is 2.18. The Hall–Kier alpha value is -2.17. The molecular formula is C18H20N4O3S3. The second kappa shape index (κ2) is 9.35. The maximum atomic E-state index is 12.4. The van der Waals surface area contributed by atoms with Crippen LogP contribution in [-0.4, -0.2) is 39.5 Å². The summed E-state index contributed by atoms with van der Waals surface area (Å²) in [6.07, 6.45) is 0.936. The number of carbonyl (C=O) groups is 2. The van der Waals surface area contributed by atoms with Crippen molar-refractivity contribution in [1.82, 2.24) is 14.8 Å². The van der Waals surface area contributed by atoms with Gasteiger partial charge in [-0.05, 0) is 30.9 Å². The zero-order valence-electron chi connectivity index (χ0n) is 15.7. The summed E-state index contributed by atoms with van der Waals surface area (Å²) in [5, 5.41) is 16.4. The van der Waals surface area contributed by atoms with Gasteiger partial charge in [-0.25, -0.2) is 4.79 Å². The molecule has 148 valence electrons.